The number of para-hydroxylation sites is 1. The summed E-state index contributed by atoms with van der Waals surface area (Å²) in [5.74, 6) is -0.413. The number of nitrogen functional groups attached to an aromatic ring is 1. The van der Waals surface area contributed by atoms with Gasteiger partial charge in [-0.2, -0.15) is 0 Å². The van der Waals surface area contributed by atoms with E-state index >= 15 is 0 Å². The maximum absolute atomic E-state index is 12.4. The van der Waals surface area contributed by atoms with Crippen molar-refractivity contribution in [2.45, 2.75) is 19.0 Å². The molecule has 0 saturated carbocycles. The molecule has 0 atom stereocenters. The molecule has 0 aliphatic carbocycles. The molecule has 1 amide bonds. The molecule has 2 N–H and O–H groups in total. The lowest BCUT2D eigenvalue weighted by Crippen LogP contribution is -2.32. The van der Waals surface area contributed by atoms with Gasteiger partial charge in [-0.15, -0.1) is 0 Å². The summed E-state index contributed by atoms with van der Waals surface area (Å²) in [7, 11) is 0. The summed E-state index contributed by atoms with van der Waals surface area (Å²) in [6.45, 7) is 4.43. The third kappa shape index (κ3) is 4.93. The number of esters is 1. The van der Waals surface area contributed by atoms with Gasteiger partial charge in [0.1, 0.15) is 11.4 Å². The highest BCUT2D eigenvalue weighted by molar-refractivity contribution is 7.99. The normalized spacial score (nSPS) is 10.3. The molecule has 0 fully saturated rings. The minimum Gasteiger partial charge on any atom is -0.462 e. The van der Waals surface area contributed by atoms with E-state index in [0.717, 1.165) is 5.69 Å². The smallest absolute Gasteiger partial charge is 0.343 e. The molecule has 0 bridgehead atoms. The van der Waals surface area contributed by atoms with E-state index in [0.29, 0.717) is 11.7 Å². The minimum absolute atomic E-state index is 0.0406. The zero-order chi connectivity index (χ0) is 18.2. The largest absolute Gasteiger partial charge is 0.462 e. The summed E-state index contributed by atoms with van der Waals surface area (Å²) < 4.78 is 4.88. The molecule has 0 unspecified atom stereocenters. The quantitative estimate of drug-likeness (QED) is 0.460. The molecule has 1 aromatic carbocycles. The van der Waals surface area contributed by atoms with E-state index in [1.54, 1.807) is 11.8 Å². The van der Waals surface area contributed by atoms with Crippen molar-refractivity contribution in [3.05, 3.63) is 42.1 Å². The van der Waals surface area contributed by atoms with Crippen molar-refractivity contribution in [1.29, 1.82) is 0 Å². The molecule has 0 radical (unpaired) electrons. The second-order valence-electron chi connectivity index (χ2n) is 4.93. The first-order valence-electron chi connectivity index (χ1n) is 7.84. The number of carbonyl (C=O) groups excluding carboxylic acids is 2. The maximum atomic E-state index is 12.4. The third-order valence-corrected chi connectivity index (χ3v) is 4.15. The fraction of sp³-hybridized carbons (Fsp3) is 0.294. The van der Waals surface area contributed by atoms with Crippen LogP contribution in [0.25, 0.3) is 0 Å². The summed E-state index contributed by atoms with van der Waals surface area (Å²) in [6.07, 6.45) is 1.32. The average molecular weight is 360 g/mol. The number of hydrogen-bond donors (Lipinski definition) is 1. The van der Waals surface area contributed by atoms with Gasteiger partial charge >= 0.3 is 5.97 Å². The highest BCUT2D eigenvalue weighted by atomic mass is 32.2. The van der Waals surface area contributed by atoms with Gasteiger partial charge in [0, 0.05) is 18.4 Å². The van der Waals surface area contributed by atoms with Crippen LogP contribution in [-0.2, 0) is 9.53 Å². The second-order valence-corrected chi connectivity index (χ2v) is 5.88. The predicted octanol–water partition coefficient (Wildman–Crippen LogP) is 2.38. The van der Waals surface area contributed by atoms with E-state index in [-0.39, 0.29) is 29.6 Å². The number of amides is 1. The maximum Gasteiger partial charge on any atom is 0.343 e. The fourth-order valence-corrected chi connectivity index (χ4v) is 2.83. The van der Waals surface area contributed by atoms with Crippen LogP contribution in [-0.4, -0.2) is 40.7 Å². The Balaban J connectivity index is 2.02. The number of ether oxygens (including phenoxy) is 1. The van der Waals surface area contributed by atoms with Crippen molar-refractivity contribution >= 4 is 35.1 Å². The number of anilines is 2. The molecule has 8 heteroatoms. The first-order valence-corrected chi connectivity index (χ1v) is 8.83. The average Bonchev–Trinajstić information content (AvgIpc) is 2.61. The molecule has 25 heavy (non-hydrogen) atoms. The van der Waals surface area contributed by atoms with Crippen LogP contribution in [0.2, 0.25) is 0 Å². The number of carbonyl (C=O) groups is 2. The molecule has 0 spiro atoms. The second kappa shape index (κ2) is 9.03. The minimum atomic E-state index is -0.561. The van der Waals surface area contributed by atoms with Crippen LogP contribution in [0.15, 0.2) is 41.7 Å². The topological polar surface area (TPSA) is 98.4 Å². The lowest BCUT2D eigenvalue weighted by molar-refractivity contribution is -0.116. The number of rotatable bonds is 7. The van der Waals surface area contributed by atoms with Crippen LogP contribution < -0.4 is 10.6 Å². The van der Waals surface area contributed by atoms with Gasteiger partial charge in [-0.3, -0.25) is 4.79 Å². The third-order valence-electron chi connectivity index (χ3n) is 3.30. The fourth-order valence-electron chi connectivity index (χ4n) is 2.13. The first-order chi connectivity index (χ1) is 12.1. The molecule has 0 saturated heterocycles. The van der Waals surface area contributed by atoms with Crippen LogP contribution in [0.4, 0.5) is 11.5 Å². The van der Waals surface area contributed by atoms with E-state index in [4.69, 9.17) is 10.5 Å². The number of nitrogens with zero attached hydrogens (tertiary/aromatic N) is 3. The highest BCUT2D eigenvalue weighted by Gasteiger charge is 2.17. The zero-order valence-electron chi connectivity index (χ0n) is 14.1. The molecular weight excluding hydrogens is 340 g/mol. The Bertz CT molecular complexity index is 740. The molecular formula is C17H20N4O3S. The summed E-state index contributed by atoms with van der Waals surface area (Å²) in [5, 5.41) is 0.336. The van der Waals surface area contributed by atoms with Crippen LogP contribution in [0, 0.1) is 0 Å². The van der Waals surface area contributed by atoms with E-state index in [1.807, 2.05) is 37.3 Å². The van der Waals surface area contributed by atoms with Gasteiger partial charge in [-0.1, -0.05) is 30.0 Å². The summed E-state index contributed by atoms with van der Waals surface area (Å²) in [4.78, 5) is 33.9. The molecule has 1 heterocycles. The van der Waals surface area contributed by atoms with Gasteiger partial charge < -0.3 is 15.4 Å². The van der Waals surface area contributed by atoms with Crippen molar-refractivity contribution < 1.29 is 14.3 Å². The predicted molar refractivity (Wildman–Crippen MR) is 97.6 cm³/mol. The van der Waals surface area contributed by atoms with Crippen molar-refractivity contribution in [3.63, 3.8) is 0 Å². The van der Waals surface area contributed by atoms with Gasteiger partial charge in [0.05, 0.1) is 12.4 Å². The van der Waals surface area contributed by atoms with Crippen LogP contribution in [0.5, 0.6) is 0 Å². The number of aromatic nitrogens is 2. The number of nitrogens with two attached hydrogens (primary N) is 1. The highest BCUT2D eigenvalue weighted by Crippen LogP contribution is 2.20. The number of thioether (sulfide) groups is 1. The number of benzene rings is 1. The van der Waals surface area contributed by atoms with Gasteiger partial charge in [-0.25, -0.2) is 14.8 Å². The summed E-state index contributed by atoms with van der Waals surface area (Å²) >= 11 is 1.17. The molecule has 0 aliphatic heterocycles. The van der Waals surface area contributed by atoms with Crippen molar-refractivity contribution in [2.75, 3.05) is 29.5 Å². The van der Waals surface area contributed by atoms with E-state index in [1.165, 1.54) is 18.0 Å². The van der Waals surface area contributed by atoms with Gasteiger partial charge in [-0.05, 0) is 26.0 Å². The van der Waals surface area contributed by atoms with Crippen molar-refractivity contribution in [1.82, 2.24) is 9.97 Å². The molecule has 1 aromatic heterocycles. The van der Waals surface area contributed by atoms with Crippen LogP contribution in [0.3, 0.4) is 0 Å². The molecule has 0 aliphatic rings. The SMILES string of the molecule is CCOC(=O)c1cnc(SCC(=O)N(CC)c2ccccc2)nc1N. The lowest BCUT2D eigenvalue weighted by atomic mass is 10.3. The van der Waals surface area contributed by atoms with Crippen molar-refractivity contribution in [2.24, 2.45) is 0 Å². The molecule has 2 aromatic rings. The molecule has 7 nitrogen and oxygen atoms in total. The first kappa shape index (κ1) is 18.7. The van der Waals surface area contributed by atoms with E-state index in [9.17, 15) is 9.59 Å². The van der Waals surface area contributed by atoms with Gasteiger partial charge in [0.2, 0.25) is 5.91 Å². The Morgan fingerprint density at radius 2 is 1.96 bits per heavy atom. The molecule has 2 rings (SSSR count). The van der Waals surface area contributed by atoms with E-state index < -0.39 is 5.97 Å². The lowest BCUT2D eigenvalue weighted by Gasteiger charge is -2.20. The van der Waals surface area contributed by atoms with Gasteiger partial charge in [0.15, 0.2) is 5.16 Å². The van der Waals surface area contributed by atoms with Crippen LogP contribution in [0.1, 0.15) is 24.2 Å². The summed E-state index contributed by atoms with van der Waals surface area (Å²) in [5.41, 5.74) is 6.74. The molecule has 132 valence electrons. The zero-order valence-corrected chi connectivity index (χ0v) is 15.0. The summed E-state index contributed by atoms with van der Waals surface area (Å²) in [6, 6.07) is 9.44. The van der Waals surface area contributed by atoms with E-state index in [2.05, 4.69) is 9.97 Å². The Hall–Kier alpha value is -2.61. The van der Waals surface area contributed by atoms with Crippen LogP contribution >= 0.6 is 11.8 Å². The Labute approximate surface area is 150 Å². The Kier molecular flexibility index (Phi) is 6.76. The Morgan fingerprint density at radius 3 is 2.56 bits per heavy atom. The standard InChI is InChI=1S/C17H20N4O3S/c1-3-21(12-8-6-5-7-9-12)14(22)11-25-17-19-10-13(15(18)20-17)16(23)24-4-2/h5-10H,3-4,11H2,1-2H3,(H2,18,19,20). The number of hydrogen-bond acceptors (Lipinski definition) is 7. The Morgan fingerprint density at radius 1 is 1.24 bits per heavy atom. The van der Waals surface area contributed by atoms with Gasteiger partial charge in [0.25, 0.3) is 0 Å². The monoisotopic (exact) mass is 360 g/mol. The van der Waals surface area contributed by atoms with Crippen molar-refractivity contribution in [3.8, 4) is 0 Å².